The Bertz CT molecular complexity index is 291. The van der Waals surface area contributed by atoms with Gasteiger partial charge in [-0.1, -0.05) is 0 Å². The van der Waals surface area contributed by atoms with Crippen LogP contribution in [0.2, 0.25) is 0 Å². The fourth-order valence-electron chi connectivity index (χ4n) is 1.39. The summed E-state index contributed by atoms with van der Waals surface area (Å²) < 4.78 is 24.0. The Kier molecular flexibility index (Phi) is 2.70. The Hall–Kier alpha value is -0.600. The molecule has 0 aromatic rings. The molecule has 1 fully saturated rings. The summed E-state index contributed by atoms with van der Waals surface area (Å²) >= 11 is 0. The minimum atomic E-state index is -3.03. The molecule has 12 heavy (non-hydrogen) atoms. The zero-order valence-corrected chi connectivity index (χ0v) is 7.84. The fourth-order valence-corrected chi connectivity index (χ4v) is 3.15. The van der Waals surface area contributed by atoms with Gasteiger partial charge in [-0.15, -0.1) is 0 Å². The van der Waals surface area contributed by atoms with Gasteiger partial charge in [0.05, 0.1) is 18.2 Å². The molecule has 0 amide bonds. The van der Waals surface area contributed by atoms with Gasteiger partial charge in [0.15, 0.2) is 0 Å². The number of nitriles is 1. The van der Waals surface area contributed by atoms with Gasteiger partial charge >= 0.3 is 0 Å². The summed E-state index contributed by atoms with van der Waals surface area (Å²) in [5.41, 5.74) is 0. The number of rotatable bonds is 2. The molecule has 0 saturated carbocycles. The van der Waals surface area contributed by atoms with Crippen LogP contribution < -0.4 is 0 Å². The first-order valence-corrected chi connectivity index (χ1v) is 5.55. The van der Waals surface area contributed by atoms with Crippen LogP contribution in [0.4, 0.5) is 0 Å². The molecule has 68 valence electrons. The SMILES string of the molecule is CC(CC#N)N1CCCS1(=O)=O. The number of nitrogens with zero attached hydrogens (tertiary/aromatic N) is 2. The van der Waals surface area contributed by atoms with Crippen LogP contribution in [-0.2, 0) is 10.0 Å². The highest BCUT2D eigenvalue weighted by Gasteiger charge is 2.31. The maximum Gasteiger partial charge on any atom is 0.214 e. The molecule has 4 nitrogen and oxygen atoms in total. The van der Waals surface area contributed by atoms with Gasteiger partial charge in [0.25, 0.3) is 0 Å². The molecule has 0 spiro atoms. The molecule has 1 aliphatic heterocycles. The molecule has 0 aromatic heterocycles. The smallest absolute Gasteiger partial charge is 0.212 e. The van der Waals surface area contributed by atoms with E-state index >= 15 is 0 Å². The van der Waals surface area contributed by atoms with Crippen molar-refractivity contribution in [3.05, 3.63) is 0 Å². The first-order chi connectivity index (χ1) is 5.58. The second-order valence-electron chi connectivity index (χ2n) is 2.99. The van der Waals surface area contributed by atoms with E-state index in [9.17, 15) is 8.42 Å². The van der Waals surface area contributed by atoms with Crippen LogP contribution >= 0.6 is 0 Å². The van der Waals surface area contributed by atoms with E-state index in [1.54, 1.807) is 6.92 Å². The average Bonchev–Trinajstić information content (AvgIpc) is 2.30. The standard InChI is InChI=1S/C7H12N2O2S/c1-7(3-4-8)9-5-2-6-12(9,10)11/h7H,2-3,5-6H2,1H3. The van der Waals surface area contributed by atoms with Crippen molar-refractivity contribution in [3.63, 3.8) is 0 Å². The van der Waals surface area contributed by atoms with Crippen LogP contribution in [0.25, 0.3) is 0 Å². The maximum absolute atomic E-state index is 11.3. The molecule has 1 aliphatic rings. The summed E-state index contributed by atoms with van der Waals surface area (Å²) in [4.78, 5) is 0. The highest BCUT2D eigenvalue weighted by Crippen LogP contribution is 2.18. The van der Waals surface area contributed by atoms with E-state index in [1.165, 1.54) is 4.31 Å². The Morgan fingerprint density at radius 3 is 2.75 bits per heavy atom. The molecule has 0 bridgehead atoms. The van der Waals surface area contributed by atoms with Crippen molar-refractivity contribution in [1.29, 1.82) is 5.26 Å². The first kappa shape index (κ1) is 9.49. The van der Waals surface area contributed by atoms with Crippen LogP contribution in [0.3, 0.4) is 0 Å². The third kappa shape index (κ3) is 1.76. The lowest BCUT2D eigenvalue weighted by atomic mass is 10.2. The third-order valence-corrected chi connectivity index (χ3v) is 4.08. The van der Waals surface area contributed by atoms with Gasteiger partial charge in [-0.3, -0.25) is 0 Å². The lowest BCUT2D eigenvalue weighted by Crippen LogP contribution is -2.34. The Morgan fingerprint density at radius 2 is 2.33 bits per heavy atom. The van der Waals surface area contributed by atoms with Crippen molar-refractivity contribution >= 4 is 10.0 Å². The molecular formula is C7H12N2O2S. The molecular weight excluding hydrogens is 176 g/mol. The molecule has 1 rings (SSSR count). The molecule has 1 heterocycles. The van der Waals surface area contributed by atoms with Gasteiger partial charge in [0, 0.05) is 12.6 Å². The summed E-state index contributed by atoms with van der Waals surface area (Å²) in [7, 11) is -3.03. The quantitative estimate of drug-likeness (QED) is 0.627. The van der Waals surface area contributed by atoms with Crippen LogP contribution in [0, 0.1) is 11.3 Å². The first-order valence-electron chi connectivity index (χ1n) is 3.94. The molecule has 0 aromatic carbocycles. The summed E-state index contributed by atoms with van der Waals surface area (Å²) in [5.74, 6) is 0.239. The summed E-state index contributed by atoms with van der Waals surface area (Å²) in [6.45, 7) is 2.34. The van der Waals surface area contributed by atoms with E-state index in [0.717, 1.165) is 0 Å². The topological polar surface area (TPSA) is 61.2 Å². The minimum Gasteiger partial charge on any atom is -0.212 e. The largest absolute Gasteiger partial charge is 0.214 e. The summed E-state index contributed by atoms with van der Waals surface area (Å²) in [6.07, 6.45) is 0.970. The average molecular weight is 188 g/mol. The highest BCUT2D eigenvalue weighted by molar-refractivity contribution is 7.89. The molecule has 1 atom stereocenters. The number of hydrogen-bond donors (Lipinski definition) is 0. The Labute approximate surface area is 72.8 Å². The maximum atomic E-state index is 11.3. The highest BCUT2D eigenvalue weighted by atomic mass is 32.2. The third-order valence-electron chi connectivity index (χ3n) is 2.02. The summed E-state index contributed by atoms with van der Waals surface area (Å²) in [5, 5.41) is 8.40. The van der Waals surface area contributed by atoms with E-state index in [0.29, 0.717) is 13.0 Å². The van der Waals surface area contributed by atoms with Crippen molar-refractivity contribution in [2.45, 2.75) is 25.8 Å². The second kappa shape index (κ2) is 3.42. The molecule has 0 aliphatic carbocycles. The van der Waals surface area contributed by atoms with Crippen molar-refractivity contribution in [1.82, 2.24) is 4.31 Å². The number of hydrogen-bond acceptors (Lipinski definition) is 3. The van der Waals surface area contributed by atoms with Crippen LogP contribution in [0.15, 0.2) is 0 Å². The normalized spacial score (nSPS) is 25.0. The van der Waals surface area contributed by atoms with E-state index in [2.05, 4.69) is 0 Å². The van der Waals surface area contributed by atoms with Gasteiger partial charge in [-0.25, -0.2) is 8.42 Å². The van der Waals surface area contributed by atoms with Gasteiger partial charge < -0.3 is 0 Å². The van der Waals surface area contributed by atoms with Crippen molar-refractivity contribution in [3.8, 4) is 6.07 Å². The van der Waals surface area contributed by atoms with Gasteiger partial charge in [-0.2, -0.15) is 9.57 Å². The second-order valence-corrected chi connectivity index (χ2v) is 5.03. The minimum absolute atomic E-state index is 0.164. The van der Waals surface area contributed by atoms with Gasteiger partial charge in [0.2, 0.25) is 10.0 Å². The van der Waals surface area contributed by atoms with E-state index < -0.39 is 10.0 Å². The van der Waals surface area contributed by atoms with Crippen molar-refractivity contribution in [2.24, 2.45) is 0 Å². The zero-order chi connectivity index (χ0) is 9.19. The van der Waals surface area contributed by atoms with Gasteiger partial charge in [0.1, 0.15) is 0 Å². The lowest BCUT2D eigenvalue weighted by Gasteiger charge is -2.19. The van der Waals surface area contributed by atoms with Crippen molar-refractivity contribution in [2.75, 3.05) is 12.3 Å². The Balaban J connectivity index is 2.70. The zero-order valence-electron chi connectivity index (χ0n) is 7.02. The van der Waals surface area contributed by atoms with Crippen LogP contribution in [-0.4, -0.2) is 31.1 Å². The van der Waals surface area contributed by atoms with Gasteiger partial charge in [-0.05, 0) is 13.3 Å². The fraction of sp³-hybridized carbons (Fsp3) is 0.857. The molecule has 5 heteroatoms. The number of sulfonamides is 1. The van der Waals surface area contributed by atoms with Crippen LogP contribution in [0.1, 0.15) is 19.8 Å². The Morgan fingerprint density at radius 1 is 1.67 bits per heavy atom. The molecule has 0 N–H and O–H groups in total. The summed E-state index contributed by atoms with van der Waals surface area (Å²) in [6, 6.07) is 1.81. The molecule has 1 unspecified atom stereocenters. The molecule has 1 saturated heterocycles. The van der Waals surface area contributed by atoms with E-state index in [4.69, 9.17) is 5.26 Å². The predicted molar refractivity (Wildman–Crippen MR) is 44.8 cm³/mol. The molecule has 0 radical (unpaired) electrons. The monoisotopic (exact) mass is 188 g/mol. The predicted octanol–water partition coefficient (Wildman–Crippen LogP) is 0.324. The van der Waals surface area contributed by atoms with E-state index in [-0.39, 0.29) is 18.2 Å². The lowest BCUT2D eigenvalue weighted by molar-refractivity contribution is 0.364. The van der Waals surface area contributed by atoms with E-state index in [1.807, 2.05) is 6.07 Å². The van der Waals surface area contributed by atoms with Crippen LogP contribution in [0.5, 0.6) is 0 Å². The van der Waals surface area contributed by atoms with Crippen molar-refractivity contribution < 1.29 is 8.42 Å².